The average Bonchev–Trinajstić information content (AvgIpc) is 2.68. The average molecular weight is 397 g/mol. The molecule has 0 spiro atoms. The van der Waals surface area contributed by atoms with Gasteiger partial charge in [-0.15, -0.1) is 0 Å². The lowest BCUT2D eigenvalue weighted by Crippen LogP contribution is -2.25. The van der Waals surface area contributed by atoms with Crippen LogP contribution in [-0.4, -0.2) is 22.4 Å². The summed E-state index contributed by atoms with van der Waals surface area (Å²) in [7, 11) is 0. The number of benzene rings is 1. The maximum Gasteiger partial charge on any atom is 0.0662 e. The molecule has 0 fully saturated rings. The van der Waals surface area contributed by atoms with Crippen molar-refractivity contribution >= 4 is 22.6 Å². The highest BCUT2D eigenvalue weighted by molar-refractivity contribution is 14.1. The van der Waals surface area contributed by atoms with E-state index in [4.69, 9.17) is 5.10 Å². The van der Waals surface area contributed by atoms with Crippen LogP contribution in [0.4, 0.5) is 0 Å². The third-order valence-corrected chi connectivity index (χ3v) is 4.42. The highest BCUT2D eigenvalue weighted by Gasteiger charge is 2.11. The Morgan fingerprint density at radius 1 is 1.19 bits per heavy atom. The lowest BCUT2D eigenvalue weighted by atomic mass is 10.1. The summed E-state index contributed by atoms with van der Waals surface area (Å²) in [5.74, 6) is 0. The molecule has 4 heteroatoms. The fourth-order valence-corrected chi connectivity index (χ4v) is 2.86. The van der Waals surface area contributed by atoms with Crippen molar-refractivity contribution in [3.63, 3.8) is 0 Å². The third-order valence-electron chi connectivity index (χ3n) is 3.70. The molecule has 2 rings (SSSR count). The number of aryl methyl sites for hydroxylation is 1. The second kappa shape index (κ2) is 7.40. The molecule has 3 nitrogen and oxygen atoms in total. The molecule has 0 atom stereocenters. The Morgan fingerprint density at radius 2 is 1.86 bits per heavy atom. The Balaban J connectivity index is 2.09. The minimum atomic E-state index is 0.535. The Morgan fingerprint density at radius 3 is 2.48 bits per heavy atom. The molecule has 1 aromatic carbocycles. The van der Waals surface area contributed by atoms with Crippen molar-refractivity contribution in [3.8, 4) is 0 Å². The first-order valence-corrected chi connectivity index (χ1v) is 8.56. The first kappa shape index (κ1) is 16.5. The number of hydrogen-bond acceptors (Lipinski definition) is 2. The summed E-state index contributed by atoms with van der Waals surface area (Å²) in [6.07, 6.45) is 1.04. The Hall–Kier alpha value is -0.880. The predicted molar refractivity (Wildman–Crippen MR) is 96.8 cm³/mol. The van der Waals surface area contributed by atoms with E-state index in [0.717, 1.165) is 25.2 Å². The lowest BCUT2D eigenvalue weighted by Gasteiger charge is -2.09. The van der Waals surface area contributed by atoms with E-state index in [0.29, 0.717) is 6.04 Å². The van der Waals surface area contributed by atoms with E-state index < -0.39 is 0 Å². The van der Waals surface area contributed by atoms with Gasteiger partial charge in [-0.05, 0) is 72.7 Å². The van der Waals surface area contributed by atoms with Crippen molar-refractivity contribution in [2.45, 2.75) is 46.7 Å². The minimum absolute atomic E-state index is 0.535. The highest BCUT2D eigenvalue weighted by Crippen LogP contribution is 2.16. The molecule has 0 radical (unpaired) electrons. The molecule has 0 bridgehead atoms. The Bertz CT molecular complexity index is 585. The van der Waals surface area contributed by atoms with E-state index in [-0.39, 0.29) is 0 Å². The van der Waals surface area contributed by atoms with Crippen LogP contribution in [0.2, 0.25) is 0 Å². The van der Waals surface area contributed by atoms with Crippen LogP contribution in [0.1, 0.15) is 36.4 Å². The number of halogens is 1. The monoisotopic (exact) mass is 397 g/mol. The molecule has 1 N–H and O–H groups in total. The summed E-state index contributed by atoms with van der Waals surface area (Å²) >= 11 is 2.33. The first-order chi connectivity index (χ1) is 9.97. The van der Waals surface area contributed by atoms with Crippen LogP contribution in [-0.2, 0) is 13.0 Å². The van der Waals surface area contributed by atoms with Crippen molar-refractivity contribution in [2.24, 2.45) is 0 Å². The van der Waals surface area contributed by atoms with E-state index in [1.54, 1.807) is 0 Å². The van der Waals surface area contributed by atoms with E-state index in [1.807, 2.05) is 0 Å². The fourth-order valence-electron chi connectivity index (χ4n) is 2.50. The summed E-state index contributed by atoms with van der Waals surface area (Å²) < 4.78 is 3.40. The van der Waals surface area contributed by atoms with Crippen LogP contribution in [0.5, 0.6) is 0 Å². The standard InChI is InChI=1S/C17H24IN3/c1-12(2)19-10-9-17-13(3)20-21(14(17)4)11-15-5-7-16(18)8-6-15/h5-8,12,19H,9-11H2,1-4H3. The van der Waals surface area contributed by atoms with Gasteiger partial charge in [0.15, 0.2) is 0 Å². The maximum absolute atomic E-state index is 4.71. The quantitative estimate of drug-likeness (QED) is 0.754. The predicted octanol–water partition coefficient (Wildman–Crippen LogP) is 3.69. The molecule has 114 valence electrons. The zero-order chi connectivity index (χ0) is 15.4. The van der Waals surface area contributed by atoms with E-state index in [1.165, 1.54) is 20.4 Å². The second-order valence-electron chi connectivity index (χ2n) is 5.79. The zero-order valence-electron chi connectivity index (χ0n) is 13.3. The molecule has 0 saturated carbocycles. The zero-order valence-corrected chi connectivity index (χ0v) is 15.4. The van der Waals surface area contributed by atoms with Crippen molar-refractivity contribution in [1.82, 2.24) is 15.1 Å². The van der Waals surface area contributed by atoms with Crippen LogP contribution in [0.15, 0.2) is 24.3 Å². The molecular formula is C17H24IN3. The lowest BCUT2D eigenvalue weighted by molar-refractivity contribution is 0.588. The van der Waals surface area contributed by atoms with Crippen LogP contribution < -0.4 is 5.32 Å². The van der Waals surface area contributed by atoms with E-state index in [2.05, 4.69) is 84.5 Å². The van der Waals surface area contributed by atoms with Gasteiger partial charge in [-0.2, -0.15) is 5.10 Å². The van der Waals surface area contributed by atoms with Gasteiger partial charge in [0.05, 0.1) is 12.2 Å². The summed E-state index contributed by atoms with van der Waals surface area (Å²) in [5.41, 5.74) is 5.13. The summed E-state index contributed by atoms with van der Waals surface area (Å²) in [5, 5.41) is 8.19. The molecule has 0 amide bonds. The van der Waals surface area contributed by atoms with Crippen molar-refractivity contribution in [3.05, 3.63) is 50.4 Å². The number of nitrogens with one attached hydrogen (secondary N) is 1. The summed E-state index contributed by atoms with van der Waals surface area (Å²) in [4.78, 5) is 0. The molecule has 1 aromatic heterocycles. The summed E-state index contributed by atoms with van der Waals surface area (Å²) in [6.45, 7) is 10.5. The second-order valence-corrected chi connectivity index (χ2v) is 7.04. The molecular weight excluding hydrogens is 373 g/mol. The molecule has 0 saturated heterocycles. The van der Waals surface area contributed by atoms with Gasteiger partial charge in [0.25, 0.3) is 0 Å². The smallest absolute Gasteiger partial charge is 0.0662 e. The highest BCUT2D eigenvalue weighted by atomic mass is 127. The van der Waals surface area contributed by atoms with Gasteiger partial charge < -0.3 is 5.32 Å². The molecule has 0 aliphatic carbocycles. The Labute approximate surface area is 141 Å². The van der Waals surface area contributed by atoms with E-state index >= 15 is 0 Å². The molecule has 21 heavy (non-hydrogen) atoms. The molecule has 2 aromatic rings. The van der Waals surface area contributed by atoms with Crippen molar-refractivity contribution in [2.75, 3.05) is 6.54 Å². The normalized spacial score (nSPS) is 11.3. The van der Waals surface area contributed by atoms with E-state index in [9.17, 15) is 0 Å². The fraction of sp³-hybridized carbons (Fsp3) is 0.471. The van der Waals surface area contributed by atoms with Crippen molar-refractivity contribution < 1.29 is 0 Å². The van der Waals surface area contributed by atoms with Crippen molar-refractivity contribution in [1.29, 1.82) is 0 Å². The summed E-state index contributed by atoms with van der Waals surface area (Å²) in [6, 6.07) is 9.19. The van der Waals surface area contributed by atoms with Gasteiger partial charge >= 0.3 is 0 Å². The van der Waals surface area contributed by atoms with Gasteiger partial charge in [-0.3, -0.25) is 4.68 Å². The first-order valence-electron chi connectivity index (χ1n) is 7.48. The number of aromatic nitrogens is 2. The maximum atomic E-state index is 4.71. The van der Waals surface area contributed by atoms with Crippen LogP contribution >= 0.6 is 22.6 Å². The van der Waals surface area contributed by atoms with Crippen LogP contribution in [0.3, 0.4) is 0 Å². The third kappa shape index (κ3) is 4.54. The van der Waals surface area contributed by atoms with Gasteiger partial charge in [0.2, 0.25) is 0 Å². The van der Waals surface area contributed by atoms with Crippen LogP contribution in [0, 0.1) is 17.4 Å². The number of rotatable bonds is 6. The van der Waals surface area contributed by atoms with Gasteiger partial charge in [0, 0.05) is 15.3 Å². The number of hydrogen-bond donors (Lipinski definition) is 1. The Kier molecular flexibility index (Phi) is 5.81. The van der Waals surface area contributed by atoms with Crippen LogP contribution in [0.25, 0.3) is 0 Å². The van der Waals surface area contributed by atoms with Gasteiger partial charge in [0.1, 0.15) is 0 Å². The molecule has 0 aliphatic heterocycles. The minimum Gasteiger partial charge on any atom is -0.314 e. The largest absolute Gasteiger partial charge is 0.314 e. The topological polar surface area (TPSA) is 29.9 Å². The van der Waals surface area contributed by atoms with Gasteiger partial charge in [-0.25, -0.2) is 0 Å². The number of nitrogens with zero attached hydrogens (tertiary/aromatic N) is 2. The molecule has 1 heterocycles. The molecule has 0 aliphatic rings. The SMILES string of the molecule is Cc1nn(Cc2ccc(I)cc2)c(C)c1CCNC(C)C. The molecule has 0 unspecified atom stereocenters. The van der Waals surface area contributed by atoms with Gasteiger partial charge in [-0.1, -0.05) is 26.0 Å².